The summed E-state index contributed by atoms with van der Waals surface area (Å²) >= 11 is 0. The molecule has 3 rings (SSSR count). The van der Waals surface area contributed by atoms with E-state index in [0.29, 0.717) is 30.9 Å². The van der Waals surface area contributed by atoms with Gasteiger partial charge >= 0.3 is 7.60 Å². The highest BCUT2D eigenvalue weighted by Gasteiger charge is 2.46. The van der Waals surface area contributed by atoms with Gasteiger partial charge in [-0.15, -0.1) is 0 Å². The Morgan fingerprint density at radius 3 is 2.62 bits per heavy atom. The van der Waals surface area contributed by atoms with Gasteiger partial charge in [0.2, 0.25) is 5.95 Å². The molecule has 0 saturated heterocycles. The molecular weight excluding hydrogens is 333 g/mol. The van der Waals surface area contributed by atoms with Gasteiger partial charge in [-0.25, -0.2) is 9.97 Å². The Hall–Kier alpha value is -1.54. The van der Waals surface area contributed by atoms with Crippen LogP contribution in [0.15, 0.2) is 12.5 Å². The highest BCUT2D eigenvalue weighted by Crippen LogP contribution is 2.52. The normalized spacial score (nSPS) is 16.6. The van der Waals surface area contributed by atoms with Crippen molar-refractivity contribution in [2.24, 2.45) is 0 Å². The van der Waals surface area contributed by atoms with Crippen molar-refractivity contribution >= 4 is 24.7 Å². The summed E-state index contributed by atoms with van der Waals surface area (Å²) in [7, 11) is -3.21. The smallest absolute Gasteiger partial charge is 0.356 e. The fraction of sp³-hybridized carbons (Fsp3) is 0.643. The number of aromatic nitrogens is 4. The van der Waals surface area contributed by atoms with Crippen molar-refractivity contribution in [3.8, 4) is 0 Å². The van der Waals surface area contributed by atoms with Crippen LogP contribution in [0.1, 0.15) is 26.7 Å². The predicted molar refractivity (Wildman–Crippen MR) is 88.5 cm³/mol. The van der Waals surface area contributed by atoms with E-state index in [4.69, 9.17) is 19.5 Å². The molecule has 2 heterocycles. The summed E-state index contributed by atoms with van der Waals surface area (Å²) in [6.45, 7) is 4.74. The van der Waals surface area contributed by atoms with E-state index >= 15 is 0 Å². The van der Waals surface area contributed by atoms with E-state index in [2.05, 4.69) is 15.0 Å². The Morgan fingerprint density at radius 1 is 1.29 bits per heavy atom. The van der Waals surface area contributed by atoms with Gasteiger partial charge < -0.3 is 24.1 Å². The van der Waals surface area contributed by atoms with Gasteiger partial charge in [-0.2, -0.15) is 4.98 Å². The lowest BCUT2D eigenvalue weighted by molar-refractivity contribution is 0.0354. The molecular formula is C14H22N5O4P. The number of nitrogen functional groups attached to an aromatic ring is 1. The van der Waals surface area contributed by atoms with E-state index in [1.807, 2.05) is 4.57 Å². The summed E-state index contributed by atoms with van der Waals surface area (Å²) in [5, 5.41) is 0. The largest absolute Gasteiger partial charge is 0.368 e. The van der Waals surface area contributed by atoms with Crippen LogP contribution >= 0.6 is 7.60 Å². The van der Waals surface area contributed by atoms with E-state index in [1.54, 1.807) is 26.4 Å². The summed E-state index contributed by atoms with van der Waals surface area (Å²) < 4.78 is 30.9. The SMILES string of the molecule is CCOP(=O)(COC1(Cn2cnc3cnc(N)nc32)CC1)OCC. The van der Waals surface area contributed by atoms with E-state index in [9.17, 15) is 4.57 Å². The van der Waals surface area contributed by atoms with Gasteiger partial charge in [0.05, 0.1) is 37.9 Å². The van der Waals surface area contributed by atoms with Crippen LogP contribution < -0.4 is 5.73 Å². The summed E-state index contributed by atoms with van der Waals surface area (Å²) in [6, 6.07) is 0. The molecule has 1 saturated carbocycles. The fourth-order valence-electron chi connectivity index (χ4n) is 2.50. The standard InChI is InChI=1S/C14H22N5O4P/c1-3-22-24(20,23-4-2)10-21-14(5-6-14)8-19-9-17-11-7-16-13(15)18-12(11)19/h7,9H,3-6,8,10H2,1-2H3,(H2,15,16,18). The number of hydrogen-bond acceptors (Lipinski definition) is 8. The Labute approximate surface area is 140 Å². The topological polar surface area (TPSA) is 114 Å². The highest BCUT2D eigenvalue weighted by molar-refractivity contribution is 7.53. The van der Waals surface area contributed by atoms with Crippen LogP contribution in [-0.4, -0.2) is 44.7 Å². The van der Waals surface area contributed by atoms with Gasteiger partial charge in [-0.05, 0) is 26.7 Å². The van der Waals surface area contributed by atoms with Gasteiger partial charge in [0.15, 0.2) is 5.65 Å². The van der Waals surface area contributed by atoms with Crippen LogP contribution in [0.2, 0.25) is 0 Å². The Balaban J connectivity index is 1.70. The lowest BCUT2D eigenvalue weighted by atomic mass is 10.3. The average Bonchev–Trinajstić information content (AvgIpc) is 3.21. The second-order valence-electron chi connectivity index (χ2n) is 5.71. The van der Waals surface area contributed by atoms with Crippen molar-refractivity contribution in [2.75, 3.05) is 25.3 Å². The summed E-state index contributed by atoms with van der Waals surface area (Å²) in [4.78, 5) is 12.4. The maximum absolute atomic E-state index is 12.5. The highest BCUT2D eigenvalue weighted by atomic mass is 31.2. The lowest BCUT2D eigenvalue weighted by Crippen LogP contribution is -2.23. The molecule has 0 atom stereocenters. The molecule has 1 aliphatic carbocycles. The minimum absolute atomic E-state index is 0.0571. The van der Waals surface area contributed by atoms with E-state index in [-0.39, 0.29) is 12.3 Å². The first-order valence-electron chi connectivity index (χ1n) is 7.95. The zero-order chi connectivity index (χ0) is 17.2. The molecule has 0 aromatic carbocycles. The molecule has 0 radical (unpaired) electrons. The van der Waals surface area contributed by atoms with Crippen LogP contribution in [0, 0.1) is 0 Å². The van der Waals surface area contributed by atoms with Gasteiger partial charge in [0.1, 0.15) is 11.9 Å². The number of hydrogen-bond donors (Lipinski definition) is 1. The molecule has 0 bridgehead atoms. The van der Waals surface area contributed by atoms with E-state index in [1.165, 1.54) is 0 Å². The third-order valence-corrected chi connectivity index (χ3v) is 5.57. The Bertz CT molecular complexity index is 751. The van der Waals surface area contributed by atoms with Crippen molar-refractivity contribution in [3.05, 3.63) is 12.5 Å². The number of nitrogens with zero attached hydrogens (tertiary/aromatic N) is 4. The number of rotatable bonds is 9. The van der Waals surface area contributed by atoms with Gasteiger partial charge in [0.25, 0.3) is 0 Å². The molecule has 10 heteroatoms. The maximum Gasteiger partial charge on any atom is 0.356 e. The Kier molecular flexibility index (Phi) is 4.87. The lowest BCUT2D eigenvalue weighted by Gasteiger charge is -2.22. The number of anilines is 1. The minimum Gasteiger partial charge on any atom is -0.368 e. The quantitative estimate of drug-likeness (QED) is 0.681. The maximum atomic E-state index is 12.5. The van der Waals surface area contributed by atoms with Crippen molar-refractivity contribution in [1.82, 2.24) is 19.5 Å². The summed E-state index contributed by atoms with van der Waals surface area (Å²) in [6.07, 6.45) is 4.95. The summed E-state index contributed by atoms with van der Waals surface area (Å²) in [5.74, 6) is 0.201. The zero-order valence-corrected chi connectivity index (χ0v) is 14.7. The van der Waals surface area contributed by atoms with E-state index < -0.39 is 13.2 Å². The van der Waals surface area contributed by atoms with Gasteiger partial charge in [-0.3, -0.25) is 4.57 Å². The molecule has 2 aromatic rings. The number of ether oxygens (including phenoxy) is 1. The van der Waals surface area contributed by atoms with Crippen molar-refractivity contribution in [3.63, 3.8) is 0 Å². The Morgan fingerprint density at radius 2 is 2.00 bits per heavy atom. The number of fused-ring (bicyclic) bond motifs is 1. The predicted octanol–water partition coefficient (Wildman–Crippen LogP) is 2.18. The molecule has 0 unspecified atom stereocenters. The van der Waals surface area contributed by atoms with Crippen molar-refractivity contribution in [1.29, 1.82) is 0 Å². The molecule has 0 spiro atoms. The van der Waals surface area contributed by atoms with Crippen LogP contribution in [-0.2, 0) is 24.9 Å². The zero-order valence-electron chi connectivity index (χ0n) is 13.8. The molecule has 2 aromatic heterocycles. The summed E-state index contributed by atoms with van der Waals surface area (Å²) in [5.41, 5.74) is 6.60. The first-order valence-corrected chi connectivity index (χ1v) is 9.67. The van der Waals surface area contributed by atoms with Crippen LogP contribution in [0.3, 0.4) is 0 Å². The molecule has 1 aliphatic rings. The third kappa shape index (κ3) is 3.75. The second kappa shape index (κ2) is 6.76. The van der Waals surface area contributed by atoms with Crippen molar-refractivity contribution in [2.45, 2.75) is 38.8 Å². The third-order valence-electron chi connectivity index (χ3n) is 3.82. The second-order valence-corrected chi connectivity index (χ2v) is 7.71. The molecule has 0 aliphatic heterocycles. The van der Waals surface area contributed by atoms with E-state index in [0.717, 1.165) is 12.8 Å². The average molecular weight is 355 g/mol. The molecule has 9 nitrogen and oxygen atoms in total. The molecule has 132 valence electrons. The minimum atomic E-state index is -3.21. The fourth-order valence-corrected chi connectivity index (χ4v) is 3.95. The number of imidazole rings is 1. The van der Waals surface area contributed by atoms with Crippen LogP contribution in [0.5, 0.6) is 0 Å². The first-order chi connectivity index (χ1) is 11.5. The number of nitrogens with two attached hydrogens (primary N) is 1. The van der Waals surface area contributed by atoms with Gasteiger partial charge in [0, 0.05) is 0 Å². The monoisotopic (exact) mass is 355 g/mol. The molecule has 0 amide bonds. The molecule has 2 N–H and O–H groups in total. The molecule has 24 heavy (non-hydrogen) atoms. The van der Waals surface area contributed by atoms with Crippen molar-refractivity contribution < 1.29 is 18.3 Å². The van der Waals surface area contributed by atoms with Crippen LogP contribution in [0.25, 0.3) is 11.2 Å². The first kappa shape index (κ1) is 17.3. The van der Waals surface area contributed by atoms with Gasteiger partial charge in [-0.1, -0.05) is 0 Å². The molecule has 1 fully saturated rings. The van der Waals surface area contributed by atoms with Crippen LogP contribution in [0.4, 0.5) is 5.95 Å².